The summed E-state index contributed by atoms with van der Waals surface area (Å²) in [4.78, 5) is 12.9. The maximum absolute atomic E-state index is 10.5. The molecule has 4 heteroatoms. The third-order valence-corrected chi connectivity index (χ3v) is 2.56. The molecule has 2 amide bonds. The van der Waals surface area contributed by atoms with Crippen molar-refractivity contribution in [2.45, 2.75) is 59.2 Å². The van der Waals surface area contributed by atoms with Gasteiger partial charge in [0, 0.05) is 24.7 Å². The summed E-state index contributed by atoms with van der Waals surface area (Å²) in [6.45, 7) is 11.6. The summed E-state index contributed by atoms with van der Waals surface area (Å²) in [5, 5.41) is 2.62. The van der Waals surface area contributed by atoms with Crippen LogP contribution >= 0.6 is 0 Å². The predicted molar refractivity (Wildman–Crippen MR) is 63.8 cm³/mol. The van der Waals surface area contributed by atoms with E-state index in [-0.39, 0.29) is 0 Å². The van der Waals surface area contributed by atoms with E-state index in [1.54, 1.807) is 0 Å². The Balaban J connectivity index is 4.03. The summed E-state index contributed by atoms with van der Waals surface area (Å²) in [5.41, 5.74) is 5.01. The third kappa shape index (κ3) is 5.62. The van der Waals surface area contributed by atoms with E-state index in [0.29, 0.717) is 24.7 Å². The van der Waals surface area contributed by atoms with Gasteiger partial charge in [-0.25, -0.2) is 4.79 Å². The highest BCUT2D eigenvalue weighted by Crippen LogP contribution is 2.12. The zero-order valence-electron chi connectivity index (χ0n) is 10.6. The molecule has 0 aromatic carbocycles. The summed E-state index contributed by atoms with van der Waals surface area (Å²) in [6.07, 6.45) is 0.930. The molecule has 90 valence electrons. The first-order valence-electron chi connectivity index (χ1n) is 5.67. The fourth-order valence-corrected chi connectivity index (χ4v) is 2.17. The van der Waals surface area contributed by atoms with Crippen LogP contribution in [0.3, 0.4) is 0 Å². The molecule has 0 rings (SSSR count). The molecule has 0 aliphatic rings. The van der Waals surface area contributed by atoms with Crippen LogP contribution in [0.5, 0.6) is 0 Å². The van der Waals surface area contributed by atoms with Crippen molar-refractivity contribution in [1.29, 1.82) is 0 Å². The van der Waals surface area contributed by atoms with Crippen LogP contribution in [0.1, 0.15) is 41.0 Å². The third-order valence-electron chi connectivity index (χ3n) is 2.56. The maximum Gasteiger partial charge on any atom is 0.312 e. The molecule has 0 radical (unpaired) electrons. The molecule has 3 N–H and O–H groups in total. The van der Waals surface area contributed by atoms with E-state index in [9.17, 15) is 4.79 Å². The Bertz CT molecular complexity index is 184. The lowest BCUT2D eigenvalue weighted by Crippen LogP contribution is -2.45. The number of urea groups is 1. The van der Waals surface area contributed by atoms with Crippen molar-refractivity contribution in [2.75, 3.05) is 6.54 Å². The molecule has 0 aliphatic carbocycles. The van der Waals surface area contributed by atoms with E-state index in [0.717, 1.165) is 6.42 Å². The van der Waals surface area contributed by atoms with Crippen molar-refractivity contribution in [3.05, 3.63) is 0 Å². The van der Waals surface area contributed by atoms with Gasteiger partial charge in [-0.2, -0.15) is 0 Å². The van der Waals surface area contributed by atoms with Gasteiger partial charge in [0.15, 0.2) is 0 Å². The van der Waals surface area contributed by atoms with Gasteiger partial charge in [0.2, 0.25) is 0 Å². The van der Waals surface area contributed by atoms with Gasteiger partial charge in [0.1, 0.15) is 0 Å². The summed E-state index contributed by atoms with van der Waals surface area (Å²) in [5.74, 6) is 0. The van der Waals surface area contributed by atoms with Gasteiger partial charge < -0.3 is 11.1 Å². The minimum Gasteiger partial charge on any atom is -0.352 e. The monoisotopic (exact) mass is 215 g/mol. The fourth-order valence-electron chi connectivity index (χ4n) is 2.17. The fraction of sp³-hybridized carbons (Fsp3) is 0.909. The first-order chi connectivity index (χ1) is 6.86. The van der Waals surface area contributed by atoms with Crippen LogP contribution < -0.4 is 11.1 Å². The molecule has 0 saturated carbocycles. The quantitative estimate of drug-likeness (QED) is 0.706. The number of nitrogens with one attached hydrogen (secondary N) is 1. The lowest BCUT2D eigenvalue weighted by atomic mass is 10.1. The minimum atomic E-state index is -0.442. The molecule has 1 atom stereocenters. The van der Waals surface area contributed by atoms with Gasteiger partial charge >= 0.3 is 6.03 Å². The molecule has 4 nitrogen and oxygen atoms in total. The largest absolute Gasteiger partial charge is 0.352 e. The van der Waals surface area contributed by atoms with E-state index in [2.05, 4.69) is 44.8 Å². The number of amides is 2. The van der Waals surface area contributed by atoms with Crippen molar-refractivity contribution in [3.8, 4) is 0 Å². The molecule has 1 unspecified atom stereocenters. The van der Waals surface area contributed by atoms with Crippen molar-refractivity contribution in [3.63, 3.8) is 0 Å². The molecule has 0 fully saturated rings. The van der Waals surface area contributed by atoms with Crippen LogP contribution in [0.4, 0.5) is 4.79 Å². The summed E-state index contributed by atoms with van der Waals surface area (Å²) >= 11 is 0. The number of hydrogen-bond donors (Lipinski definition) is 2. The Morgan fingerprint density at radius 1 is 1.20 bits per heavy atom. The van der Waals surface area contributed by atoms with E-state index in [1.165, 1.54) is 0 Å². The molecular weight excluding hydrogens is 190 g/mol. The van der Waals surface area contributed by atoms with Gasteiger partial charge in [0.05, 0.1) is 0 Å². The first-order valence-corrected chi connectivity index (χ1v) is 5.67. The standard InChI is InChI=1S/C11H25N3O/c1-8(2)14(9(3)4)10(5)6-7-13-11(12)15/h8-10H,6-7H2,1-5H3,(H3,12,13,15). The van der Waals surface area contributed by atoms with Crippen molar-refractivity contribution in [2.24, 2.45) is 5.73 Å². The van der Waals surface area contributed by atoms with Crippen LogP contribution in [0.15, 0.2) is 0 Å². The van der Waals surface area contributed by atoms with Gasteiger partial charge in [0.25, 0.3) is 0 Å². The predicted octanol–water partition coefficient (Wildman–Crippen LogP) is 1.55. The summed E-state index contributed by atoms with van der Waals surface area (Å²) in [7, 11) is 0. The Labute approximate surface area is 93.2 Å². The van der Waals surface area contributed by atoms with Gasteiger partial charge in [-0.1, -0.05) is 0 Å². The molecule has 0 spiro atoms. The molecule has 0 saturated heterocycles. The SMILES string of the molecule is CC(C)N(C(C)C)C(C)CCNC(N)=O. The average molecular weight is 215 g/mol. The smallest absolute Gasteiger partial charge is 0.312 e. The normalized spacial score (nSPS) is 13.6. The molecule has 0 aromatic heterocycles. The van der Waals surface area contributed by atoms with Crippen molar-refractivity contribution in [1.82, 2.24) is 10.2 Å². The van der Waals surface area contributed by atoms with Crippen molar-refractivity contribution < 1.29 is 4.79 Å². The second kappa shape index (κ2) is 6.67. The van der Waals surface area contributed by atoms with Crippen LogP contribution in [-0.2, 0) is 0 Å². The zero-order chi connectivity index (χ0) is 12.0. The molecule has 0 aromatic rings. The average Bonchev–Trinajstić information content (AvgIpc) is 2.01. The Hall–Kier alpha value is -0.770. The second-order valence-electron chi connectivity index (χ2n) is 4.56. The summed E-state index contributed by atoms with van der Waals surface area (Å²) in [6, 6.07) is 1.06. The second-order valence-corrected chi connectivity index (χ2v) is 4.56. The molecule has 15 heavy (non-hydrogen) atoms. The minimum absolute atomic E-state index is 0.442. The Morgan fingerprint density at radius 2 is 1.67 bits per heavy atom. The van der Waals surface area contributed by atoms with Gasteiger partial charge in [-0.15, -0.1) is 0 Å². The highest BCUT2D eigenvalue weighted by atomic mass is 16.2. The maximum atomic E-state index is 10.5. The summed E-state index contributed by atoms with van der Waals surface area (Å²) < 4.78 is 0. The number of carbonyl (C=O) groups excluding carboxylic acids is 1. The number of nitrogens with two attached hydrogens (primary N) is 1. The highest BCUT2D eigenvalue weighted by molar-refractivity contribution is 5.71. The van der Waals surface area contributed by atoms with Crippen LogP contribution in [0, 0.1) is 0 Å². The van der Waals surface area contributed by atoms with E-state index in [4.69, 9.17) is 5.73 Å². The van der Waals surface area contributed by atoms with Gasteiger partial charge in [-0.3, -0.25) is 4.90 Å². The molecule has 0 aliphatic heterocycles. The van der Waals surface area contributed by atoms with E-state index >= 15 is 0 Å². The van der Waals surface area contributed by atoms with Gasteiger partial charge in [-0.05, 0) is 41.0 Å². The lowest BCUT2D eigenvalue weighted by Gasteiger charge is -2.36. The lowest BCUT2D eigenvalue weighted by molar-refractivity contribution is 0.117. The number of hydrogen-bond acceptors (Lipinski definition) is 2. The van der Waals surface area contributed by atoms with E-state index < -0.39 is 6.03 Å². The van der Waals surface area contributed by atoms with E-state index in [1.807, 2.05) is 0 Å². The number of rotatable bonds is 6. The number of nitrogens with zero attached hydrogens (tertiary/aromatic N) is 1. The molecule has 0 bridgehead atoms. The van der Waals surface area contributed by atoms with Crippen LogP contribution in [0.25, 0.3) is 0 Å². The molecular formula is C11H25N3O. The zero-order valence-corrected chi connectivity index (χ0v) is 10.6. The first kappa shape index (κ1) is 14.2. The number of carbonyl (C=O) groups is 1. The molecule has 0 heterocycles. The Morgan fingerprint density at radius 3 is 2.00 bits per heavy atom. The topological polar surface area (TPSA) is 58.4 Å². The Kier molecular flexibility index (Phi) is 6.32. The number of primary amides is 1. The van der Waals surface area contributed by atoms with Crippen LogP contribution in [-0.4, -0.2) is 35.6 Å². The van der Waals surface area contributed by atoms with Crippen LogP contribution in [0.2, 0.25) is 0 Å². The highest BCUT2D eigenvalue weighted by Gasteiger charge is 2.19. The van der Waals surface area contributed by atoms with Crippen molar-refractivity contribution >= 4 is 6.03 Å².